The SMILES string of the molecule is Cc1cc(S(=O)(=O)Nc2cccc(C(=O)O)c2)c(Cl)cc1Br. The van der Waals surface area contributed by atoms with E-state index in [0.29, 0.717) is 10.0 Å². The van der Waals surface area contributed by atoms with Crippen LogP contribution in [0.25, 0.3) is 0 Å². The first-order valence-electron chi connectivity index (χ1n) is 6.02. The molecule has 5 nitrogen and oxygen atoms in total. The van der Waals surface area contributed by atoms with Gasteiger partial charge in [0.05, 0.1) is 10.6 Å². The van der Waals surface area contributed by atoms with Crippen molar-refractivity contribution in [1.29, 1.82) is 0 Å². The van der Waals surface area contributed by atoms with Crippen LogP contribution in [0.3, 0.4) is 0 Å². The predicted octanol–water partition coefficient (Wildman–Crippen LogP) is 3.91. The minimum atomic E-state index is -3.92. The summed E-state index contributed by atoms with van der Waals surface area (Å²) < 4.78 is 27.8. The van der Waals surface area contributed by atoms with Crippen LogP contribution < -0.4 is 4.72 Å². The number of aromatic carboxylic acids is 1. The van der Waals surface area contributed by atoms with Crippen molar-refractivity contribution in [3.05, 3.63) is 57.0 Å². The van der Waals surface area contributed by atoms with Crippen LogP contribution in [-0.2, 0) is 10.0 Å². The molecular formula is C14H11BrClNO4S. The Morgan fingerprint density at radius 2 is 1.95 bits per heavy atom. The van der Waals surface area contributed by atoms with Gasteiger partial charge in [0, 0.05) is 10.2 Å². The lowest BCUT2D eigenvalue weighted by Crippen LogP contribution is -2.14. The number of hydrogen-bond acceptors (Lipinski definition) is 3. The Balaban J connectivity index is 2.42. The summed E-state index contributed by atoms with van der Waals surface area (Å²) in [4.78, 5) is 10.8. The second-order valence-corrected chi connectivity index (χ2v) is 7.44. The molecule has 0 fully saturated rings. The number of sulfonamides is 1. The Morgan fingerprint density at radius 3 is 2.59 bits per heavy atom. The molecule has 8 heteroatoms. The van der Waals surface area contributed by atoms with Crippen LogP contribution in [0.1, 0.15) is 15.9 Å². The van der Waals surface area contributed by atoms with Crippen molar-refractivity contribution in [2.75, 3.05) is 4.72 Å². The highest BCUT2D eigenvalue weighted by molar-refractivity contribution is 9.10. The Hall–Kier alpha value is -1.57. The molecule has 0 saturated carbocycles. The normalized spacial score (nSPS) is 11.2. The summed E-state index contributed by atoms with van der Waals surface area (Å²) in [5, 5.41) is 9.00. The first-order chi connectivity index (χ1) is 10.2. The van der Waals surface area contributed by atoms with E-state index in [2.05, 4.69) is 20.7 Å². The number of carboxylic acids is 1. The summed E-state index contributed by atoms with van der Waals surface area (Å²) >= 11 is 9.26. The van der Waals surface area contributed by atoms with Crippen LogP contribution in [0, 0.1) is 6.92 Å². The van der Waals surface area contributed by atoms with Crippen LogP contribution >= 0.6 is 27.5 Å². The Morgan fingerprint density at radius 1 is 1.27 bits per heavy atom. The standard InChI is InChI=1S/C14H11BrClNO4S/c1-8-5-13(12(16)7-11(8)15)22(20,21)17-10-4-2-3-9(6-10)14(18)19/h2-7,17H,1H3,(H,18,19). The molecule has 0 aliphatic rings. The van der Waals surface area contributed by atoms with E-state index in [1.807, 2.05) is 0 Å². The molecule has 0 amide bonds. The third-order valence-electron chi connectivity index (χ3n) is 2.86. The Kier molecular flexibility index (Phi) is 4.79. The van der Waals surface area contributed by atoms with E-state index in [0.717, 1.165) is 0 Å². The summed E-state index contributed by atoms with van der Waals surface area (Å²) in [6.45, 7) is 1.74. The molecule has 0 aliphatic heterocycles. The molecule has 0 atom stereocenters. The number of anilines is 1. The summed E-state index contributed by atoms with van der Waals surface area (Å²) in [5.74, 6) is -1.14. The van der Waals surface area contributed by atoms with Gasteiger partial charge in [-0.2, -0.15) is 0 Å². The highest BCUT2D eigenvalue weighted by Crippen LogP contribution is 2.29. The molecule has 0 spiro atoms. The molecule has 0 radical (unpaired) electrons. The van der Waals surface area contributed by atoms with Gasteiger partial charge >= 0.3 is 5.97 Å². The first kappa shape index (κ1) is 16.8. The summed E-state index contributed by atoms with van der Waals surface area (Å²) in [7, 11) is -3.92. The van der Waals surface area contributed by atoms with Gasteiger partial charge in [-0.15, -0.1) is 0 Å². The maximum atomic E-state index is 12.4. The molecule has 22 heavy (non-hydrogen) atoms. The van der Waals surface area contributed by atoms with E-state index in [1.54, 1.807) is 6.92 Å². The van der Waals surface area contributed by atoms with Crippen molar-refractivity contribution in [3.8, 4) is 0 Å². The van der Waals surface area contributed by atoms with Gasteiger partial charge in [-0.05, 0) is 42.8 Å². The molecule has 0 heterocycles. The highest BCUT2D eigenvalue weighted by atomic mass is 79.9. The second-order valence-electron chi connectivity index (χ2n) is 4.52. The molecule has 116 valence electrons. The zero-order valence-electron chi connectivity index (χ0n) is 11.3. The zero-order valence-corrected chi connectivity index (χ0v) is 14.5. The molecule has 0 aliphatic carbocycles. The quantitative estimate of drug-likeness (QED) is 0.809. The number of aryl methyl sites for hydroxylation is 1. The average molecular weight is 405 g/mol. The van der Waals surface area contributed by atoms with Gasteiger partial charge in [0.2, 0.25) is 0 Å². The van der Waals surface area contributed by atoms with Gasteiger partial charge < -0.3 is 5.11 Å². The highest BCUT2D eigenvalue weighted by Gasteiger charge is 2.20. The fraction of sp³-hybridized carbons (Fsp3) is 0.0714. The summed E-state index contributed by atoms with van der Waals surface area (Å²) in [6, 6.07) is 8.46. The average Bonchev–Trinajstić information content (AvgIpc) is 2.42. The lowest BCUT2D eigenvalue weighted by Gasteiger charge is -2.11. The smallest absolute Gasteiger partial charge is 0.335 e. The molecule has 2 rings (SSSR count). The molecule has 2 N–H and O–H groups in total. The fourth-order valence-corrected chi connectivity index (χ4v) is 3.90. The van der Waals surface area contributed by atoms with E-state index < -0.39 is 16.0 Å². The molecule has 0 aromatic heterocycles. The molecule has 0 unspecified atom stereocenters. The topological polar surface area (TPSA) is 83.5 Å². The van der Waals surface area contributed by atoms with Gasteiger partial charge in [-0.25, -0.2) is 13.2 Å². The van der Waals surface area contributed by atoms with Crippen LogP contribution in [-0.4, -0.2) is 19.5 Å². The number of nitrogens with one attached hydrogen (secondary N) is 1. The number of carboxylic acid groups (broad SMARTS) is 1. The summed E-state index contributed by atoms with van der Waals surface area (Å²) in [5.41, 5.74) is 0.846. The van der Waals surface area contributed by atoms with E-state index in [-0.39, 0.29) is 21.2 Å². The predicted molar refractivity (Wildman–Crippen MR) is 88.1 cm³/mol. The number of carbonyl (C=O) groups is 1. The molecule has 0 saturated heterocycles. The molecular weight excluding hydrogens is 394 g/mol. The lowest BCUT2D eigenvalue weighted by atomic mass is 10.2. The van der Waals surface area contributed by atoms with Gasteiger partial charge in [0.15, 0.2) is 0 Å². The molecule has 0 bridgehead atoms. The van der Waals surface area contributed by atoms with Gasteiger partial charge in [-0.3, -0.25) is 4.72 Å². The first-order valence-corrected chi connectivity index (χ1v) is 8.68. The van der Waals surface area contributed by atoms with Gasteiger partial charge in [0.25, 0.3) is 10.0 Å². The second kappa shape index (κ2) is 6.28. The van der Waals surface area contributed by atoms with Crippen LogP contribution in [0.4, 0.5) is 5.69 Å². The van der Waals surface area contributed by atoms with Gasteiger partial charge in [0.1, 0.15) is 4.90 Å². The zero-order chi connectivity index (χ0) is 16.5. The lowest BCUT2D eigenvalue weighted by molar-refractivity contribution is 0.0697. The van der Waals surface area contributed by atoms with Crippen molar-refractivity contribution in [2.45, 2.75) is 11.8 Å². The van der Waals surface area contributed by atoms with Crippen molar-refractivity contribution >= 4 is 49.2 Å². The van der Waals surface area contributed by atoms with Crippen LogP contribution in [0.5, 0.6) is 0 Å². The van der Waals surface area contributed by atoms with E-state index >= 15 is 0 Å². The van der Waals surface area contributed by atoms with Gasteiger partial charge in [-0.1, -0.05) is 33.6 Å². The van der Waals surface area contributed by atoms with Crippen molar-refractivity contribution in [3.63, 3.8) is 0 Å². The van der Waals surface area contributed by atoms with E-state index in [9.17, 15) is 13.2 Å². The monoisotopic (exact) mass is 403 g/mol. The van der Waals surface area contributed by atoms with Crippen LogP contribution in [0.15, 0.2) is 45.8 Å². The third-order valence-corrected chi connectivity index (χ3v) is 5.56. The Bertz CT molecular complexity index is 852. The number of hydrogen-bond donors (Lipinski definition) is 2. The minimum absolute atomic E-state index is 0.0155. The Labute approximate surface area is 141 Å². The molecule has 2 aromatic rings. The van der Waals surface area contributed by atoms with Crippen molar-refractivity contribution in [1.82, 2.24) is 0 Å². The minimum Gasteiger partial charge on any atom is -0.478 e. The number of halogens is 2. The molecule has 2 aromatic carbocycles. The third kappa shape index (κ3) is 3.60. The van der Waals surface area contributed by atoms with E-state index in [1.165, 1.54) is 36.4 Å². The summed E-state index contributed by atoms with van der Waals surface area (Å²) in [6.07, 6.45) is 0. The fourth-order valence-electron chi connectivity index (χ4n) is 1.76. The van der Waals surface area contributed by atoms with Crippen LogP contribution in [0.2, 0.25) is 5.02 Å². The number of benzene rings is 2. The maximum Gasteiger partial charge on any atom is 0.335 e. The van der Waals surface area contributed by atoms with E-state index in [4.69, 9.17) is 16.7 Å². The van der Waals surface area contributed by atoms with Crippen molar-refractivity contribution < 1.29 is 18.3 Å². The number of rotatable bonds is 4. The maximum absolute atomic E-state index is 12.4. The largest absolute Gasteiger partial charge is 0.478 e. The van der Waals surface area contributed by atoms with Crippen molar-refractivity contribution in [2.24, 2.45) is 0 Å².